The summed E-state index contributed by atoms with van der Waals surface area (Å²) in [4.78, 5) is 10.5. The minimum atomic E-state index is -0.415. The van der Waals surface area contributed by atoms with E-state index in [2.05, 4.69) is 0 Å². The van der Waals surface area contributed by atoms with Crippen LogP contribution in [0.2, 0.25) is 0 Å². The summed E-state index contributed by atoms with van der Waals surface area (Å²) in [7, 11) is 0. The number of alkyl halides is 1. The predicted octanol–water partition coefficient (Wildman–Crippen LogP) is 3.90. The van der Waals surface area contributed by atoms with Crippen LogP contribution in [0.4, 0.5) is 5.69 Å². The van der Waals surface area contributed by atoms with E-state index in [1.807, 2.05) is 0 Å². The summed E-state index contributed by atoms with van der Waals surface area (Å²) in [5.74, 6) is 1.20. The Balaban J connectivity index is 2.10. The zero-order chi connectivity index (χ0) is 13.0. The first-order valence-corrected chi connectivity index (χ1v) is 6.70. The summed E-state index contributed by atoms with van der Waals surface area (Å²) in [6, 6.07) is 4.79. The van der Waals surface area contributed by atoms with Crippen LogP contribution < -0.4 is 4.74 Å². The second-order valence-corrected chi connectivity index (χ2v) is 4.92. The van der Waals surface area contributed by atoms with Crippen molar-refractivity contribution in [3.63, 3.8) is 0 Å². The van der Waals surface area contributed by atoms with E-state index in [1.165, 1.54) is 18.9 Å². The predicted molar refractivity (Wildman–Crippen MR) is 70.1 cm³/mol. The van der Waals surface area contributed by atoms with Crippen molar-refractivity contribution in [3.8, 4) is 5.75 Å². The van der Waals surface area contributed by atoms with Gasteiger partial charge in [-0.2, -0.15) is 0 Å². The average molecular weight is 270 g/mol. The minimum absolute atomic E-state index is 0.0156. The number of rotatable bonds is 5. The SMILES string of the molecule is O=[N+]([O-])c1ccc(CCl)cc1OCC1CCCC1. The van der Waals surface area contributed by atoms with Gasteiger partial charge in [-0.3, -0.25) is 10.1 Å². The van der Waals surface area contributed by atoms with Gasteiger partial charge in [-0.15, -0.1) is 11.6 Å². The number of hydrogen-bond donors (Lipinski definition) is 0. The lowest BCUT2D eigenvalue weighted by atomic mass is 10.1. The normalized spacial score (nSPS) is 15.8. The number of benzene rings is 1. The van der Waals surface area contributed by atoms with Crippen molar-refractivity contribution in [3.05, 3.63) is 33.9 Å². The Morgan fingerprint density at radius 1 is 1.39 bits per heavy atom. The maximum absolute atomic E-state index is 10.9. The summed E-state index contributed by atoms with van der Waals surface area (Å²) in [6.07, 6.45) is 4.78. The number of nitrogens with zero attached hydrogens (tertiary/aromatic N) is 1. The molecular formula is C13H16ClNO3. The van der Waals surface area contributed by atoms with Crippen LogP contribution in [0.15, 0.2) is 18.2 Å². The molecule has 0 aliphatic heterocycles. The molecule has 0 aromatic heterocycles. The highest BCUT2D eigenvalue weighted by Gasteiger charge is 2.19. The number of hydrogen-bond acceptors (Lipinski definition) is 3. The summed E-state index contributed by atoms with van der Waals surface area (Å²) in [5, 5.41) is 10.9. The molecule has 1 fully saturated rings. The smallest absolute Gasteiger partial charge is 0.310 e. The lowest BCUT2D eigenvalue weighted by Crippen LogP contribution is -2.09. The van der Waals surface area contributed by atoms with Gasteiger partial charge < -0.3 is 4.74 Å². The first-order chi connectivity index (χ1) is 8.70. The van der Waals surface area contributed by atoms with Crippen molar-refractivity contribution in [1.82, 2.24) is 0 Å². The van der Waals surface area contributed by atoms with E-state index in [0.717, 1.165) is 18.4 Å². The quantitative estimate of drug-likeness (QED) is 0.463. The van der Waals surface area contributed by atoms with Gasteiger partial charge in [0.25, 0.3) is 0 Å². The molecule has 2 rings (SSSR count). The summed E-state index contributed by atoms with van der Waals surface area (Å²) in [5.41, 5.74) is 0.852. The second-order valence-electron chi connectivity index (χ2n) is 4.65. The Morgan fingerprint density at radius 2 is 2.11 bits per heavy atom. The minimum Gasteiger partial charge on any atom is -0.487 e. The molecule has 5 heteroatoms. The Kier molecular flexibility index (Phi) is 4.42. The monoisotopic (exact) mass is 269 g/mol. The molecule has 0 amide bonds. The fourth-order valence-corrected chi connectivity index (χ4v) is 2.46. The van der Waals surface area contributed by atoms with Crippen molar-refractivity contribution in [1.29, 1.82) is 0 Å². The van der Waals surface area contributed by atoms with Crippen LogP contribution in [0.1, 0.15) is 31.2 Å². The van der Waals surface area contributed by atoms with Crippen LogP contribution in [-0.2, 0) is 5.88 Å². The van der Waals surface area contributed by atoms with E-state index in [4.69, 9.17) is 16.3 Å². The van der Waals surface area contributed by atoms with E-state index in [1.54, 1.807) is 12.1 Å². The molecule has 4 nitrogen and oxygen atoms in total. The molecule has 1 saturated carbocycles. The van der Waals surface area contributed by atoms with Gasteiger partial charge in [0, 0.05) is 11.9 Å². The fourth-order valence-electron chi connectivity index (χ4n) is 2.29. The van der Waals surface area contributed by atoms with Gasteiger partial charge in [-0.05, 0) is 30.4 Å². The summed E-state index contributed by atoms with van der Waals surface area (Å²) < 4.78 is 5.62. The number of halogens is 1. The zero-order valence-electron chi connectivity index (χ0n) is 10.1. The Labute approximate surface area is 111 Å². The molecule has 1 aliphatic carbocycles. The van der Waals surface area contributed by atoms with Crippen molar-refractivity contribution >= 4 is 17.3 Å². The summed E-state index contributed by atoms with van der Waals surface area (Å²) >= 11 is 5.73. The van der Waals surface area contributed by atoms with Gasteiger partial charge >= 0.3 is 5.69 Å². The molecule has 1 aliphatic rings. The van der Waals surface area contributed by atoms with Gasteiger partial charge in [-0.1, -0.05) is 18.9 Å². The Bertz CT molecular complexity index is 430. The van der Waals surface area contributed by atoms with Crippen molar-refractivity contribution in [2.75, 3.05) is 6.61 Å². The highest BCUT2D eigenvalue weighted by atomic mass is 35.5. The Hall–Kier alpha value is -1.29. The van der Waals surface area contributed by atoms with Crippen LogP contribution in [-0.4, -0.2) is 11.5 Å². The number of nitro benzene ring substituents is 1. The summed E-state index contributed by atoms with van der Waals surface area (Å²) in [6.45, 7) is 0.562. The second kappa shape index (κ2) is 6.05. The molecule has 1 aromatic carbocycles. The molecule has 18 heavy (non-hydrogen) atoms. The molecule has 1 aromatic rings. The molecule has 98 valence electrons. The molecule has 0 spiro atoms. The molecule has 0 N–H and O–H groups in total. The van der Waals surface area contributed by atoms with Gasteiger partial charge in [0.15, 0.2) is 5.75 Å². The van der Waals surface area contributed by atoms with Crippen LogP contribution in [0.25, 0.3) is 0 Å². The molecule has 0 bridgehead atoms. The van der Waals surface area contributed by atoms with Crippen molar-refractivity contribution in [2.24, 2.45) is 5.92 Å². The third kappa shape index (κ3) is 3.13. The number of ether oxygens (including phenoxy) is 1. The lowest BCUT2D eigenvalue weighted by Gasteiger charge is -2.12. The topological polar surface area (TPSA) is 52.4 Å². The fraction of sp³-hybridized carbons (Fsp3) is 0.538. The van der Waals surface area contributed by atoms with E-state index in [0.29, 0.717) is 24.2 Å². The van der Waals surface area contributed by atoms with Gasteiger partial charge in [-0.25, -0.2) is 0 Å². The van der Waals surface area contributed by atoms with Crippen LogP contribution in [0.3, 0.4) is 0 Å². The number of nitro groups is 1. The van der Waals surface area contributed by atoms with Crippen LogP contribution >= 0.6 is 11.6 Å². The van der Waals surface area contributed by atoms with E-state index in [-0.39, 0.29) is 5.69 Å². The molecule has 0 unspecified atom stereocenters. The van der Waals surface area contributed by atoms with Crippen LogP contribution in [0.5, 0.6) is 5.75 Å². The Morgan fingerprint density at radius 3 is 2.72 bits per heavy atom. The van der Waals surface area contributed by atoms with E-state index < -0.39 is 4.92 Å². The first-order valence-electron chi connectivity index (χ1n) is 6.17. The third-order valence-corrected chi connectivity index (χ3v) is 3.63. The molecule has 0 radical (unpaired) electrons. The van der Waals surface area contributed by atoms with Crippen molar-refractivity contribution < 1.29 is 9.66 Å². The maximum Gasteiger partial charge on any atom is 0.310 e. The van der Waals surface area contributed by atoms with Gasteiger partial charge in [0.05, 0.1) is 11.5 Å². The van der Waals surface area contributed by atoms with Gasteiger partial charge in [0.2, 0.25) is 0 Å². The van der Waals surface area contributed by atoms with Gasteiger partial charge in [0.1, 0.15) is 0 Å². The lowest BCUT2D eigenvalue weighted by molar-refractivity contribution is -0.385. The molecular weight excluding hydrogens is 254 g/mol. The van der Waals surface area contributed by atoms with Crippen LogP contribution in [0, 0.1) is 16.0 Å². The highest BCUT2D eigenvalue weighted by molar-refractivity contribution is 6.17. The molecule has 0 heterocycles. The third-order valence-electron chi connectivity index (χ3n) is 3.32. The maximum atomic E-state index is 10.9. The largest absolute Gasteiger partial charge is 0.487 e. The zero-order valence-corrected chi connectivity index (χ0v) is 10.9. The molecule has 0 saturated heterocycles. The average Bonchev–Trinajstić information content (AvgIpc) is 2.88. The van der Waals surface area contributed by atoms with E-state index >= 15 is 0 Å². The highest BCUT2D eigenvalue weighted by Crippen LogP contribution is 2.31. The first kappa shape index (κ1) is 13.1. The van der Waals surface area contributed by atoms with E-state index in [9.17, 15) is 10.1 Å². The van der Waals surface area contributed by atoms with Crippen molar-refractivity contribution in [2.45, 2.75) is 31.6 Å². The standard InChI is InChI=1S/C13H16ClNO3/c14-8-11-5-6-12(15(16)17)13(7-11)18-9-10-3-1-2-4-10/h5-7,10H,1-4,8-9H2. The molecule has 0 atom stereocenters.